The van der Waals surface area contributed by atoms with Gasteiger partial charge in [0.2, 0.25) is 0 Å². The van der Waals surface area contributed by atoms with Gasteiger partial charge in [-0.25, -0.2) is 0 Å². The Morgan fingerprint density at radius 1 is 1.43 bits per heavy atom. The first-order valence-electron chi connectivity index (χ1n) is 6.67. The number of nitro groups is 1. The normalized spacial score (nSPS) is 10.8. The molecule has 1 heterocycles. The predicted octanol–water partition coefficient (Wildman–Crippen LogP) is 1.38. The minimum Gasteiger partial charge on any atom is -0.394 e. The van der Waals surface area contributed by atoms with Gasteiger partial charge in [0.25, 0.3) is 5.69 Å². The lowest BCUT2D eigenvalue weighted by Crippen LogP contribution is -2.13. The molecule has 7 heteroatoms. The van der Waals surface area contributed by atoms with Crippen molar-refractivity contribution in [1.82, 2.24) is 15.1 Å². The molecule has 0 aliphatic rings. The van der Waals surface area contributed by atoms with Gasteiger partial charge in [-0.3, -0.25) is 14.8 Å². The lowest BCUT2D eigenvalue weighted by Gasteiger charge is -2.07. The lowest BCUT2D eigenvalue weighted by molar-refractivity contribution is -0.385. The molecule has 0 aliphatic heterocycles. The van der Waals surface area contributed by atoms with Crippen molar-refractivity contribution in [2.45, 2.75) is 26.6 Å². The Morgan fingerprint density at radius 3 is 2.95 bits per heavy atom. The summed E-state index contributed by atoms with van der Waals surface area (Å²) >= 11 is 0. The number of hydrogen-bond donors (Lipinski definition) is 2. The van der Waals surface area contributed by atoms with Gasteiger partial charge in [0.05, 0.1) is 24.3 Å². The summed E-state index contributed by atoms with van der Waals surface area (Å²) in [5, 5.41) is 27.1. The summed E-state index contributed by atoms with van der Waals surface area (Å²) < 4.78 is 1.68. The van der Waals surface area contributed by atoms with Crippen molar-refractivity contribution >= 4 is 5.69 Å². The molecule has 7 nitrogen and oxygen atoms in total. The second-order valence-electron chi connectivity index (χ2n) is 4.76. The fourth-order valence-corrected chi connectivity index (χ4v) is 2.12. The fraction of sp³-hybridized carbons (Fsp3) is 0.357. The third-order valence-corrected chi connectivity index (χ3v) is 3.27. The van der Waals surface area contributed by atoms with E-state index in [9.17, 15) is 10.1 Å². The largest absolute Gasteiger partial charge is 0.394 e. The fourth-order valence-electron chi connectivity index (χ4n) is 2.12. The Balaban J connectivity index is 1.94. The molecule has 0 amide bonds. The van der Waals surface area contributed by atoms with Crippen LogP contribution in [0.4, 0.5) is 5.69 Å². The number of nitrogens with zero attached hydrogens (tertiary/aromatic N) is 3. The molecule has 1 aromatic carbocycles. The Labute approximate surface area is 122 Å². The van der Waals surface area contributed by atoms with Gasteiger partial charge in [-0.2, -0.15) is 5.10 Å². The molecule has 0 spiro atoms. The molecule has 1 aromatic heterocycles. The van der Waals surface area contributed by atoms with Gasteiger partial charge >= 0.3 is 0 Å². The molecule has 0 fully saturated rings. The van der Waals surface area contributed by atoms with Gasteiger partial charge in [-0.1, -0.05) is 12.1 Å². The smallest absolute Gasteiger partial charge is 0.272 e. The summed E-state index contributed by atoms with van der Waals surface area (Å²) in [4.78, 5) is 10.5. The quantitative estimate of drug-likeness (QED) is 0.593. The van der Waals surface area contributed by atoms with Crippen molar-refractivity contribution in [3.05, 3.63) is 57.4 Å². The number of aromatic nitrogens is 2. The minimum atomic E-state index is -0.363. The molecule has 2 rings (SSSR count). The number of aliphatic hydroxyl groups is 1. The van der Waals surface area contributed by atoms with Crippen molar-refractivity contribution in [2.75, 3.05) is 6.61 Å². The first-order valence-corrected chi connectivity index (χ1v) is 6.67. The highest BCUT2D eigenvalue weighted by molar-refractivity contribution is 5.44. The van der Waals surface area contributed by atoms with Crippen LogP contribution in [0.2, 0.25) is 0 Å². The van der Waals surface area contributed by atoms with Gasteiger partial charge in [-0.05, 0) is 12.5 Å². The highest BCUT2D eigenvalue weighted by atomic mass is 16.6. The van der Waals surface area contributed by atoms with E-state index in [0.717, 1.165) is 11.1 Å². The van der Waals surface area contributed by atoms with Crippen LogP contribution in [0.25, 0.3) is 0 Å². The van der Waals surface area contributed by atoms with Crippen molar-refractivity contribution in [2.24, 2.45) is 0 Å². The molecule has 0 unspecified atom stereocenters. The van der Waals surface area contributed by atoms with E-state index in [1.807, 2.05) is 12.3 Å². The molecule has 21 heavy (non-hydrogen) atoms. The van der Waals surface area contributed by atoms with Crippen LogP contribution in [0.15, 0.2) is 30.6 Å². The van der Waals surface area contributed by atoms with Crippen LogP contribution in [0.5, 0.6) is 0 Å². The van der Waals surface area contributed by atoms with Crippen LogP contribution < -0.4 is 5.32 Å². The average molecular weight is 290 g/mol. The molecular formula is C14H18N4O3. The zero-order valence-electron chi connectivity index (χ0n) is 11.8. The summed E-state index contributed by atoms with van der Waals surface area (Å²) in [6, 6.07) is 5.09. The average Bonchev–Trinajstić information content (AvgIpc) is 2.88. The Kier molecular flexibility index (Phi) is 5.02. The zero-order valence-corrected chi connectivity index (χ0v) is 11.8. The maximum absolute atomic E-state index is 10.9. The molecule has 0 saturated carbocycles. The lowest BCUT2D eigenvalue weighted by atomic mass is 10.1. The number of hydrogen-bond acceptors (Lipinski definition) is 5. The van der Waals surface area contributed by atoms with Crippen LogP contribution in [0, 0.1) is 17.0 Å². The summed E-state index contributed by atoms with van der Waals surface area (Å²) in [6.45, 7) is 3.46. The van der Waals surface area contributed by atoms with Crippen LogP contribution >= 0.6 is 0 Å². The topological polar surface area (TPSA) is 93.2 Å². The summed E-state index contributed by atoms with van der Waals surface area (Å²) in [6.07, 6.45) is 3.60. The van der Waals surface area contributed by atoms with E-state index in [1.165, 1.54) is 6.07 Å². The maximum Gasteiger partial charge on any atom is 0.272 e. The third-order valence-electron chi connectivity index (χ3n) is 3.27. The zero-order chi connectivity index (χ0) is 15.2. The first kappa shape index (κ1) is 15.1. The van der Waals surface area contributed by atoms with Crippen molar-refractivity contribution in [3.63, 3.8) is 0 Å². The first-order chi connectivity index (χ1) is 10.1. The Bertz CT molecular complexity index is 624. The summed E-state index contributed by atoms with van der Waals surface area (Å²) in [5.74, 6) is 0. The number of aliphatic hydroxyl groups excluding tert-OH is 1. The van der Waals surface area contributed by atoms with Gasteiger partial charge < -0.3 is 10.4 Å². The summed E-state index contributed by atoms with van der Waals surface area (Å²) in [5.41, 5.74) is 2.74. The van der Waals surface area contributed by atoms with Gasteiger partial charge in [0.15, 0.2) is 0 Å². The van der Waals surface area contributed by atoms with Crippen LogP contribution in [0.1, 0.15) is 16.7 Å². The standard InChI is InChI=1S/C14H18N4O3/c1-11-13(3-2-4-14(11)18(20)21)9-15-7-12-8-16-17(10-12)5-6-19/h2-4,8,10,15,19H,5-7,9H2,1H3. The second-order valence-corrected chi connectivity index (χ2v) is 4.76. The number of nitrogens with one attached hydrogen (secondary N) is 1. The highest BCUT2D eigenvalue weighted by Gasteiger charge is 2.12. The molecule has 2 aromatic rings. The molecule has 112 valence electrons. The minimum absolute atomic E-state index is 0.0570. The highest BCUT2D eigenvalue weighted by Crippen LogP contribution is 2.20. The van der Waals surface area contributed by atoms with E-state index in [-0.39, 0.29) is 17.2 Å². The molecular weight excluding hydrogens is 272 g/mol. The van der Waals surface area contributed by atoms with Crippen LogP contribution in [-0.4, -0.2) is 26.4 Å². The Morgan fingerprint density at radius 2 is 2.24 bits per heavy atom. The molecule has 0 bridgehead atoms. The van der Waals surface area contributed by atoms with Crippen LogP contribution in [-0.2, 0) is 19.6 Å². The summed E-state index contributed by atoms with van der Waals surface area (Å²) in [7, 11) is 0. The van der Waals surface area contributed by atoms with E-state index in [4.69, 9.17) is 5.11 Å². The van der Waals surface area contributed by atoms with Gasteiger partial charge in [-0.15, -0.1) is 0 Å². The third kappa shape index (κ3) is 3.87. The second kappa shape index (κ2) is 6.96. The van der Waals surface area contributed by atoms with Gasteiger partial charge in [0, 0.05) is 36.5 Å². The maximum atomic E-state index is 10.9. The van der Waals surface area contributed by atoms with E-state index in [2.05, 4.69) is 10.4 Å². The van der Waals surface area contributed by atoms with Crippen molar-refractivity contribution < 1.29 is 10.0 Å². The molecule has 0 saturated heterocycles. The molecule has 0 radical (unpaired) electrons. The van der Waals surface area contributed by atoms with E-state index in [0.29, 0.717) is 25.2 Å². The predicted molar refractivity (Wildman–Crippen MR) is 77.7 cm³/mol. The Hall–Kier alpha value is -2.25. The van der Waals surface area contributed by atoms with Crippen molar-refractivity contribution in [3.8, 4) is 0 Å². The SMILES string of the molecule is Cc1c(CNCc2cnn(CCO)c2)cccc1[N+](=O)[O-]. The number of rotatable bonds is 7. The van der Waals surface area contributed by atoms with Crippen LogP contribution in [0.3, 0.4) is 0 Å². The number of benzene rings is 1. The van der Waals surface area contributed by atoms with E-state index < -0.39 is 0 Å². The monoisotopic (exact) mass is 290 g/mol. The molecule has 0 aliphatic carbocycles. The molecule has 0 atom stereocenters. The van der Waals surface area contributed by atoms with E-state index >= 15 is 0 Å². The molecule has 2 N–H and O–H groups in total. The van der Waals surface area contributed by atoms with Crippen molar-refractivity contribution in [1.29, 1.82) is 0 Å². The van der Waals surface area contributed by atoms with E-state index in [1.54, 1.807) is 23.9 Å². The number of nitro benzene ring substituents is 1. The van der Waals surface area contributed by atoms with Gasteiger partial charge in [0.1, 0.15) is 0 Å².